The second kappa shape index (κ2) is 8.33. The molecule has 3 N–H and O–H groups in total. The second-order valence-corrected chi connectivity index (χ2v) is 3.66. The van der Waals surface area contributed by atoms with Crippen LogP contribution >= 0.6 is 24.8 Å². The number of hydrogen-bond donors (Lipinski definition) is 2. The highest BCUT2D eigenvalue weighted by molar-refractivity contribution is 5.85. The zero-order valence-corrected chi connectivity index (χ0v) is 10.3. The lowest BCUT2D eigenvalue weighted by atomic mass is 10.0. The van der Waals surface area contributed by atoms with Crippen molar-refractivity contribution >= 4 is 30.6 Å². The summed E-state index contributed by atoms with van der Waals surface area (Å²) in [6, 6.07) is 0.693. The van der Waals surface area contributed by atoms with E-state index in [1.165, 1.54) is 25.8 Å². The molecule has 1 fully saturated rings. The van der Waals surface area contributed by atoms with Crippen LogP contribution in [0.15, 0.2) is 0 Å². The molecule has 1 aliphatic rings. The van der Waals surface area contributed by atoms with Crippen LogP contribution in [-0.4, -0.2) is 29.9 Å². The molecule has 5 heteroatoms. The minimum atomic E-state index is 0. The van der Waals surface area contributed by atoms with Gasteiger partial charge in [0.05, 0.1) is 5.84 Å². The molecule has 0 saturated carbocycles. The zero-order valence-electron chi connectivity index (χ0n) is 8.66. The number of rotatable bonds is 3. The Balaban J connectivity index is 0. The summed E-state index contributed by atoms with van der Waals surface area (Å²) in [5.41, 5.74) is 5.31. The first-order valence-electron chi connectivity index (χ1n) is 4.77. The molecule has 1 rings (SSSR count). The van der Waals surface area contributed by atoms with Crippen LogP contribution in [0.5, 0.6) is 0 Å². The highest BCUT2D eigenvalue weighted by Crippen LogP contribution is 2.15. The van der Waals surface area contributed by atoms with Crippen LogP contribution in [0.25, 0.3) is 0 Å². The van der Waals surface area contributed by atoms with Gasteiger partial charge in [-0.25, -0.2) is 0 Å². The first kappa shape index (κ1) is 16.4. The van der Waals surface area contributed by atoms with Crippen LogP contribution < -0.4 is 5.73 Å². The van der Waals surface area contributed by atoms with Gasteiger partial charge < -0.3 is 10.6 Å². The van der Waals surface area contributed by atoms with Crippen molar-refractivity contribution in [2.45, 2.75) is 38.6 Å². The number of likely N-dealkylation sites (tertiary alicyclic amines) is 1. The predicted octanol–water partition coefficient (Wildman–Crippen LogP) is 2.03. The molecule has 0 aromatic heterocycles. The van der Waals surface area contributed by atoms with E-state index in [1.807, 2.05) is 0 Å². The van der Waals surface area contributed by atoms with Crippen LogP contribution in [0, 0.1) is 5.41 Å². The van der Waals surface area contributed by atoms with Gasteiger partial charge >= 0.3 is 0 Å². The molecule has 0 radical (unpaired) electrons. The summed E-state index contributed by atoms with van der Waals surface area (Å²) in [7, 11) is 0. The van der Waals surface area contributed by atoms with Crippen molar-refractivity contribution in [3.05, 3.63) is 0 Å². The topological polar surface area (TPSA) is 53.1 Å². The van der Waals surface area contributed by atoms with Crippen molar-refractivity contribution in [3.63, 3.8) is 0 Å². The molecule has 1 saturated heterocycles. The molecule has 0 amide bonds. The normalized spacial score (nSPS) is 21.9. The van der Waals surface area contributed by atoms with Gasteiger partial charge in [-0.15, -0.1) is 24.8 Å². The Hall–Kier alpha value is 0.01000. The first-order valence-corrected chi connectivity index (χ1v) is 4.77. The maximum atomic E-state index is 7.13. The molecule has 14 heavy (non-hydrogen) atoms. The summed E-state index contributed by atoms with van der Waals surface area (Å²) in [6.07, 6.45) is 4.70. The SMILES string of the molecule is CC1CCCCN1CCC(=N)N.Cl.Cl. The average molecular weight is 242 g/mol. The van der Waals surface area contributed by atoms with Gasteiger partial charge in [0.1, 0.15) is 0 Å². The summed E-state index contributed by atoms with van der Waals surface area (Å²) < 4.78 is 0. The van der Waals surface area contributed by atoms with E-state index in [0.717, 1.165) is 13.0 Å². The summed E-state index contributed by atoms with van der Waals surface area (Å²) in [5, 5.41) is 7.13. The van der Waals surface area contributed by atoms with Crippen molar-refractivity contribution in [1.29, 1.82) is 5.41 Å². The van der Waals surface area contributed by atoms with Crippen LogP contribution in [-0.2, 0) is 0 Å². The number of hydrogen-bond acceptors (Lipinski definition) is 2. The van der Waals surface area contributed by atoms with Crippen LogP contribution in [0.4, 0.5) is 0 Å². The molecule has 1 aliphatic heterocycles. The third-order valence-corrected chi connectivity index (χ3v) is 2.61. The summed E-state index contributed by atoms with van der Waals surface area (Å²) in [5.74, 6) is 0.313. The number of nitrogens with two attached hydrogens (primary N) is 1. The van der Waals surface area contributed by atoms with Gasteiger partial charge in [0, 0.05) is 19.0 Å². The fourth-order valence-electron chi connectivity index (χ4n) is 1.75. The van der Waals surface area contributed by atoms with Crippen LogP contribution in [0.3, 0.4) is 0 Å². The van der Waals surface area contributed by atoms with E-state index in [9.17, 15) is 0 Å². The average Bonchev–Trinajstić information content (AvgIpc) is 2.03. The zero-order chi connectivity index (χ0) is 8.97. The number of piperidine rings is 1. The first-order chi connectivity index (χ1) is 5.70. The Bertz CT molecular complexity index is 164. The fraction of sp³-hybridized carbons (Fsp3) is 0.889. The van der Waals surface area contributed by atoms with E-state index in [4.69, 9.17) is 11.1 Å². The number of halogens is 2. The van der Waals surface area contributed by atoms with Crippen LogP contribution in [0.1, 0.15) is 32.6 Å². The van der Waals surface area contributed by atoms with Crippen LogP contribution in [0.2, 0.25) is 0 Å². The van der Waals surface area contributed by atoms with Gasteiger partial charge in [0.25, 0.3) is 0 Å². The summed E-state index contributed by atoms with van der Waals surface area (Å²) >= 11 is 0. The predicted molar refractivity (Wildman–Crippen MR) is 65.9 cm³/mol. The molecular formula is C9H21Cl2N3. The quantitative estimate of drug-likeness (QED) is 0.587. The Morgan fingerprint density at radius 2 is 2.07 bits per heavy atom. The van der Waals surface area contributed by atoms with E-state index >= 15 is 0 Å². The minimum Gasteiger partial charge on any atom is -0.388 e. The van der Waals surface area contributed by atoms with Gasteiger partial charge in [-0.2, -0.15) is 0 Å². The number of nitrogens with one attached hydrogen (secondary N) is 1. The lowest BCUT2D eigenvalue weighted by Crippen LogP contribution is -2.39. The standard InChI is InChI=1S/C9H19N3.2ClH/c1-8-4-2-3-6-12(8)7-5-9(10)11;;/h8H,2-7H2,1H3,(H3,10,11);2*1H. The molecule has 0 bridgehead atoms. The second-order valence-electron chi connectivity index (χ2n) is 3.66. The maximum absolute atomic E-state index is 7.13. The summed E-state index contributed by atoms with van der Waals surface area (Å²) in [6.45, 7) is 4.42. The molecule has 86 valence electrons. The van der Waals surface area contributed by atoms with E-state index in [0.29, 0.717) is 11.9 Å². The van der Waals surface area contributed by atoms with E-state index in [2.05, 4.69) is 11.8 Å². The number of nitrogens with zero attached hydrogens (tertiary/aromatic N) is 1. The van der Waals surface area contributed by atoms with Gasteiger partial charge in [-0.3, -0.25) is 5.41 Å². The molecule has 0 aromatic rings. The van der Waals surface area contributed by atoms with Crippen molar-refractivity contribution < 1.29 is 0 Å². The van der Waals surface area contributed by atoms with Gasteiger partial charge in [-0.05, 0) is 26.3 Å². The monoisotopic (exact) mass is 241 g/mol. The van der Waals surface area contributed by atoms with E-state index in [1.54, 1.807) is 0 Å². The Morgan fingerprint density at radius 3 is 2.57 bits per heavy atom. The largest absolute Gasteiger partial charge is 0.388 e. The third kappa shape index (κ3) is 5.68. The van der Waals surface area contributed by atoms with Crippen molar-refractivity contribution in [3.8, 4) is 0 Å². The highest BCUT2D eigenvalue weighted by atomic mass is 35.5. The maximum Gasteiger partial charge on any atom is 0.0918 e. The molecule has 1 unspecified atom stereocenters. The van der Waals surface area contributed by atoms with Gasteiger partial charge in [0.2, 0.25) is 0 Å². The van der Waals surface area contributed by atoms with Crippen molar-refractivity contribution in [1.82, 2.24) is 4.90 Å². The van der Waals surface area contributed by atoms with Crippen molar-refractivity contribution in [2.75, 3.05) is 13.1 Å². The van der Waals surface area contributed by atoms with Crippen molar-refractivity contribution in [2.24, 2.45) is 5.73 Å². The molecule has 0 aliphatic carbocycles. The molecule has 1 heterocycles. The Labute approximate surface area is 98.7 Å². The molecule has 0 aromatic carbocycles. The molecule has 0 spiro atoms. The lowest BCUT2D eigenvalue weighted by molar-refractivity contribution is 0.165. The lowest BCUT2D eigenvalue weighted by Gasteiger charge is -2.33. The fourth-order valence-corrected chi connectivity index (χ4v) is 1.75. The smallest absolute Gasteiger partial charge is 0.0918 e. The highest BCUT2D eigenvalue weighted by Gasteiger charge is 2.17. The van der Waals surface area contributed by atoms with E-state index in [-0.39, 0.29) is 24.8 Å². The number of amidine groups is 1. The van der Waals surface area contributed by atoms with Gasteiger partial charge in [-0.1, -0.05) is 6.42 Å². The Kier molecular flexibility index (Phi) is 9.78. The Morgan fingerprint density at radius 1 is 1.43 bits per heavy atom. The minimum absolute atomic E-state index is 0. The van der Waals surface area contributed by atoms with Gasteiger partial charge in [0.15, 0.2) is 0 Å². The third-order valence-electron chi connectivity index (χ3n) is 2.61. The molecular weight excluding hydrogens is 221 g/mol. The summed E-state index contributed by atoms with van der Waals surface area (Å²) in [4.78, 5) is 2.44. The molecule has 3 nitrogen and oxygen atoms in total. The van der Waals surface area contributed by atoms with E-state index < -0.39 is 0 Å². The molecule has 1 atom stereocenters.